The molecule has 0 atom stereocenters. The maximum atomic E-state index is 12.6. The second-order valence-electron chi connectivity index (χ2n) is 6.84. The van der Waals surface area contributed by atoms with Gasteiger partial charge in [-0.15, -0.1) is 0 Å². The predicted molar refractivity (Wildman–Crippen MR) is 119 cm³/mol. The number of nitrogens with one attached hydrogen (secondary N) is 1. The third kappa shape index (κ3) is 4.57. The molecule has 0 saturated heterocycles. The monoisotopic (exact) mass is 427 g/mol. The van der Waals surface area contributed by atoms with Crippen molar-refractivity contribution in [3.05, 3.63) is 106 Å². The number of carbonyl (C=O) groups excluding carboxylic acids is 1. The van der Waals surface area contributed by atoms with Gasteiger partial charge in [0.05, 0.1) is 4.92 Å². The van der Waals surface area contributed by atoms with Gasteiger partial charge in [0.15, 0.2) is 0 Å². The summed E-state index contributed by atoms with van der Waals surface area (Å²) in [7, 11) is 0. The normalized spacial score (nSPS) is 10.5. The van der Waals surface area contributed by atoms with Crippen LogP contribution in [0.1, 0.15) is 0 Å². The molecule has 3 aromatic carbocycles. The molecule has 32 heavy (non-hydrogen) atoms. The van der Waals surface area contributed by atoms with E-state index in [1.807, 2.05) is 60.7 Å². The summed E-state index contributed by atoms with van der Waals surface area (Å²) >= 11 is 0. The van der Waals surface area contributed by atoms with Gasteiger partial charge in [-0.05, 0) is 6.07 Å². The third-order valence-corrected chi connectivity index (χ3v) is 4.60. The van der Waals surface area contributed by atoms with E-state index in [9.17, 15) is 19.7 Å². The van der Waals surface area contributed by atoms with Crippen molar-refractivity contribution in [1.29, 1.82) is 0 Å². The van der Waals surface area contributed by atoms with Crippen LogP contribution < -0.4 is 11.0 Å². The molecule has 9 heteroatoms. The Balaban J connectivity index is 1.68. The van der Waals surface area contributed by atoms with Gasteiger partial charge in [0.1, 0.15) is 17.9 Å². The van der Waals surface area contributed by atoms with E-state index in [0.29, 0.717) is 11.4 Å². The third-order valence-electron chi connectivity index (χ3n) is 4.60. The van der Waals surface area contributed by atoms with Crippen molar-refractivity contribution >= 4 is 17.3 Å². The second-order valence-corrected chi connectivity index (χ2v) is 6.84. The van der Waals surface area contributed by atoms with Gasteiger partial charge in [-0.3, -0.25) is 14.9 Å². The second kappa shape index (κ2) is 9.00. The highest BCUT2D eigenvalue weighted by Gasteiger charge is 2.16. The Morgan fingerprint density at radius 2 is 1.53 bits per heavy atom. The SMILES string of the molecule is O=C(Cn1nc(-c2ccccc2)c(-c2ccccc2)nc1=O)Nc1cccc([N+](=O)[O-])c1. The fraction of sp³-hybridized carbons (Fsp3) is 0.0435. The standard InChI is InChI=1S/C23H17N5O4/c29-20(24-18-12-7-13-19(14-18)28(31)32)15-27-23(30)25-21(16-8-3-1-4-9-16)22(26-27)17-10-5-2-6-11-17/h1-14H,15H2,(H,24,29). The smallest absolute Gasteiger partial charge is 0.324 e. The first-order chi connectivity index (χ1) is 15.5. The fourth-order valence-corrected chi connectivity index (χ4v) is 3.14. The van der Waals surface area contributed by atoms with Gasteiger partial charge >= 0.3 is 5.69 Å². The molecule has 9 nitrogen and oxygen atoms in total. The molecule has 0 unspecified atom stereocenters. The van der Waals surface area contributed by atoms with Crippen molar-refractivity contribution < 1.29 is 9.72 Å². The van der Waals surface area contributed by atoms with Crippen LogP contribution in [-0.2, 0) is 11.3 Å². The molecule has 4 rings (SSSR count). The van der Waals surface area contributed by atoms with Crippen LogP contribution >= 0.6 is 0 Å². The lowest BCUT2D eigenvalue weighted by Gasteiger charge is -2.12. The first-order valence-electron chi connectivity index (χ1n) is 9.65. The molecule has 0 aliphatic carbocycles. The van der Waals surface area contributed by atoms with Crippen molar-refractivity contribution in [3.63, 3.8) is 0 Å². The van der Waals surface area contributed by atoms with E-state index in [2.05, 4.69) is 15.4 Å². The number of nitrogens with zero attached hydrogens (tertiary/aromatic N) is 4. The summed E-state index contributed by atoms with van der Waals surface area (Å²) in [5, 5.41) is 17.9. The number of rotatable bonds is 6. The van der Waals surface area contributed by atoms with E-state index in [1.165, 1.54) is 24.3 Å². The first-order valence-corrected chi connectivity index (χ1v) is 9.65. The Morgan fingerprint density at radius 1 is 0.906 bits per heavy atom. The molecule has 1 aromatic heterocycles. The molecular weight excluding hydrogens is 410 g/mol. The Hall–Kier alpha value is -4.66. The van der Waals surface area contributed by atoms with Crippen molar-refractivity contribution in [1.82, 2.24) is 14.8 Å². The topological polar surface area (TPSA) is 120 Å². The summed E-state index contributed by atoms with van der Waals surface area (Å²) in [5.41, 5.74) is 1.75. The van der Waals surface area contributed by atoms with Crippen molar-refractivity contribution in [2.24, 2.45) is 0 Å². The highest BCUT2D eigenvalue weighted by atomic mass is 16.6. The molecular formula is C23H17N5O4. The number of hydrogen-bond acceptors (Lipinski definition) is 6. The first kappa shape index (κ1) is 20.6. The molecule has 0 fully saturated rings. The summed E-state index contributed by atoms with van der Waals surface area (Å²) in [6, 6.07) is 24.0. The number of benzene rings is 3. The molecule has 158 valence electrons. The fourth-order valence-electron chi connectivity index (χ4n) is 3.14. The molecule has 0 spiro atoms. The maximum absolute atomic E-state index is 12.6. The quantitative estimate of drug-likeness (QED) is 0.371. The van der Waals surface area contributed by atoms with Crippen LogP contribution in [-0.4, -0.2) is 25.6 Å². The molecule has 0 saturated carbocycles. The highest BCUT2D eigenvalue weighted by molar-refractivity contribution is 5.90. The lowest BCUT2D eigenvalue weighted by Crippen LogP contribution is -2.32. The van der Waals surface area contributed by atoms with E-state index in [1.54, 1.807) is 0 Å². The van der Waals surface area contributed by atoms with Crippen LogP contribution in [0, 0.1) is 10.1 Å². The van der Waals surface area contributed by atoms with E-state index < -0.39 is 23.1 Å². The number of non-ortho nitro benzene ring substituents is 1. The Bertz CT molecular complexity index is 1340. The zero-order valence-corrected chi connectivity index (χ0v) is 16.7. The lowest BCUT2D eigenvalue weighted by atomic mass is 10.0. The molecule has 0 aliphatic heterocycles. The number of carbonyl (C=O) groups is 1. The minimum absolute atomic E-state index is 0.154. The molecule has 1 amide bonds. The van der Waals surface area contributed by atoms with E-state index >= 15 is 0 Å². The molecule has 0 aliphatic rings. The predicted octanol–water partition coefficient (Wildman–Crippen LogP) is 3.52. The van der Waals surface area contributed by atoms with Gasteiger partial charge in [0.25, 0.3) is 5.69 Å². The molecule has 1 heterocycles. The van der Waals surface area contributed by atoms with Gasteiger partial charge in [0.2, 0.25) is 5.91 Å². The van der Waals surface area contributed by atoms with Gasteiger partial charge < -0.3 is 5.32 Å². The summed E-state index contributed by atoms with van der Waals surface area (Å²) in [4.78, 5) is 39.7. The number of hydrogen-bond donors (Lipinski definition) is 1. The summed E-state index contributed by atoms with van der Waals surface area (Å²) in [5.74, 6) is -0.562. The average Bonchev–Trinajstić information content (AvgIpc) is 2.81. The molecule has 0 radical (unpaired) electrons. The maximum Gasteiger partial charge on any atom is 0.365 e. The van der Waals surface area contributed by atoms with Gasteiger partial charge in [-0.25, -0.2) is 9.48 Å². The van der Waals surface area contributed by atoms with Crippen LogP contribution in [0.25, 0.3) is 22.5 Å². The van der Waals surface area contributed by atoms with Gasteiger partial charge in [-0.1, -0.05) is 66.7 Å². The zero-order valence-electron chi connectivity index (χ0n) is 16.7. The van der Waals surface area contributed by atoms with E-state index in [4.69, 9.17) is 0 Å². The highest BCUT2D eigenvalue weighted by Crippen LogP contribution is 2.27. The zero-order chi connectivity index (χ0) is 22.5. The van der Waals surface area contributed by atoms with Gasteiger partial charge in [0, 0.05) is 28.9 Å². The summed E-state index contributed by atoms with van der Waals surface area (Å²) in [6.07, 6.45) is 0. The molecule has 1 N–H and O–H groups in total. The Morgan fingerprint density at radius 3 is 2.16 bits per heavy atom. The minimum atomic E-state index is -0.683. The van der Waals surface area contributed by atoms with E-state index in [0.717, 1.165) is 15.8 Å². The molecule has 0 bridgehead atoms. The summed E-state index contributed by atoms with van der Waals surface area (Å²) in [6.45, 7) is -0.399. The summed E-state index contributed by atoms with van der Waals surface area (Å²) < 4.78 is 0.974. The Labute approximate surface area is 182 Å². The number of nitro groups is 1. The Kier molecular flexibility index (Phi) is 5.80. The van der Waals surface area contributed by atoms with Crippen LogP contribution in [0.2, 0.25) is 0 Å². The van der Waals surface area contributed by atoms with Crippen LogP contribution in [0.4, 0.5) is 11.4 Å². The van der Waals surface area contributed by atoms with Crippen molar-refractivity contribution in [2.75, 3.05) is 5.32 Å². The van der Waals surface area contributed by atoms with Crippen LogP contribution in [0.15, 0.2) is 89.7 Å². The molecule has 4 aromatic rings. The lowest BCUT2D eigenvalue weighted by molar-refractivity contribution is -0.384. The largest absolute Gasteiger partial charge is 0.365 e. The van der Waals surface area contributed by atoms with Crippen LogP contribution in [0.5, 0.6) is 0 Å². The van der Waals surface area contributed by atoms with Gasteiger partial charge in [-0.2, -0.15) is 10.1 Å². The van der Waals surface area contributed by atoms with Crippen LogP contribution in [0.3, 0.4) is 0 Å². The van der Waals surface area contributed by atoms with E-state index in [-0.39, 0.29) is 11.4 Å². The number of nitro benzene ring substituents is 1. The number of amides is 1. The van der Waals surface area contributed by atoms with Crippen molar-refractivity contribution in [3.8, 4) is 22.5 Å². The van der Waals surface area contributed by atoms with Crippen molar-refractivity contribution in [2.45, 2.75) is 6.54 Å². The number of anilines is 1. The average molecular weight is 427 g/mol. The minimum Gasteiger partial charge on any atom is -0.324 e. The number of aromatic nitrogens is 3.